The van der Waals surface area contributed by atoms with Gasteiger partial charge < -0.3 is 10.8 Å². The van der Waals surface area contributed by atoms with Gasteiger partial charge >= 0.3 is 5.97 Å². The highest BCUT2D eigenvalue weighted by Gasteiger charge is 2.16. The maximum Gasteiger partial charge on any atom is 0.338 e. The summed E-state index contributed by atoms with van der Waals surface area (Å²) in [5.74, 6) is -2.20. The highest BCUT2D eigenvalue weighted by molar-refractivity contribution is 5.90. The molecule has 0 saturated heterocycles. The minimum absolute atomic E-state index is 0.151. The number of para-hydroxylation sites is 1. The first-order chi connectivity index (χ1) is 9.58. The zero-order valence-corrected chi connectivity index (χ0v) is 10.2. The molecule has 0 aliphatic rings. The van der Waals surface area contributed by atoms with Crippen molar-refractivity contribution in [2.24, 2.45) is 0 Å². The number of carboxylic acid groups (broad SMARTS) is 1. The zero-order chi connectivity index (χ0) is 14.3. The smallest absolute Gasteiger partial charge is 0.338 e. The van der Waals surface area contributed by atoms with E-state index in [1.54, 1.807) is 6.20 Å². The summed E-state index contributed by atoms with van der Waals surface area (Å²) in [5.41, 5.74) is 6.59. The van der Waals surface area contributed by atoms with Crippen LogP contribution in [0.3, 0.4) is 0 Å². The van der Waals surface area contributed by atoms with Crippen molar-refractivity contribution in [3.05, 3.63) is 54.0 Å². The molecular weight excluding hydrogens is 261 g/mol. The molecule has 0 unspecified atom stereocenters. The monoisotopic (exact) mass is 271 g/mol. The zero-order valence-electron chi connectivity index (χ0n) is 10.2. The van der Waals surface area contributed by atoms with Crippen LogP contribution >= 0.6 is 0 Å². The number of nitrogen functional groups attached to an aromatic ring is 1. The number of halogens is 1. The van der Waals surface area contributed by atoms with E-state index in [9.17, 15) is 9.18 Å². The number of aromatic nitrogens is 2. The van der Waals surface area contributed by atoms with Gasteiger partial charge in [0.25, 0.3) is 0 Å². The molecule has 3 aromatic rings. The van der Waals surface area contributed by atoms with Gasteiger partial charge in [-0.2, -0.15) is 5.10 Å². The summed E-state index contributed by atoms with van der Waals surface area (Å²) in [6.45, 7) is 0. The molecule has 0 aliphatic heterocycles. The van der Waals surface area contributed by atoms with Crippen LogP contribution in [-0.2, 0) is 0 Å². The Morgan fingerprint density at radius 3 is 2.80 bits per heavy atom. The lowest BCUT2D eigenvalue weighted by molar-refractivity contribution is 0.0692. The number of carbonyl (C=O) groups is 1. The Morgan fingerprint density at radius 2 is 2.05 bits per heavy atom. The van der Waals surface area contributed by atoms with Crippen molar-refractivity contribution < 1.29 is 14.3 Å². The van der Waals surface area contributed by atoms with Crippen molar-refractivity contribution >= 4 is 22.6 Å². The summed E-state index contributed by atoms with van der Waals surface area (Å²) < 4.78 is 15.3. The number of rotatable bonds is 2. The van der Waals surface area contributed by atoms with Gasteiger partial charge in [0, 0.05) is 11.5 Å². The number of fused-ring (bicyclic) bond motifs is 1. The molecule has 2 aromatic carbocycles. The molecule has 0 fully saturated rings. The fourth-order valence-electron chi connectivity index (χ4n) is 2.09. The maximum atomic E-state index is 13.8. The van der Waals surface area contributed by atoms with E-state index in [-0.39, 0.29) is 5.69 Å². The lowest BCUT2D eigenvalue weighted by Crippen LogP contribution is -2.07. The molecule has 100 valence electrons. The van der Waals surface area contributed by atoms with Gasteiger partial charge in [-0.1, -0.05) is 18.2 Å². The van der Waals surface area contributed by atoms with Crippen LogP contribution in [0.1, 0.15) is 10.4 Å². The van der Waals surface area contributed by atoms with Gasteiger partial charge in [-0.3, -0.25) is 0 Å². The highest BCUT2D eigenvalue weighted by Crippen LogP contribution is 2.25. The first-order valence-electron chi connectivity index (χ1n) is 5.83. The minimum atomic E-state index is -1.36. The number of carboxylic acids is 1. The van der Waals surface area contributed by atoms with Crippen molar-refractivity contribution in [1.82, 2.24) is 9.78 Å². The molecule has 3 rings (SSSR count). The number of nitrogens with two attached hydrogens (primary N) is 1. The van der Waals surface area contributed by atoms with Crippen LogP contribution in [0.4, 0.5) is 10.1 Å². The van der Waals surface area contributed by atoms with E-state index in [2.05, 4.69) is 5.10 Å². The van der Waals surface area contributed by atoms with Crippen LogP contribution in [0.25, 0.3) is 16.6 Å². The number of benzene rings is 2. The molecule has 5 nitrogen and oxygen atoms in total. The lowest BCUT2D eigenvalue weighted by atomic mass is 10.1. The van der Waals surface area contributed by atoms with Crippen LogP contribution in [0.15, 0.2) is 42.6 Å². The standard InChI is InChI=1S/C14H10FN3O2/c15-10-6-13(11(16)5-9(10)14(19)20)18-12-4-2-1-3-8(12)7-17-18/h1-7H,16H2,(H,19,20). The fourth-order valence-corrected chi connectivity index (χ4v) is 2.09. The Labute approximate surface area is 113 Å². The van der Waals surface area contributed by atoms with Gasteiger partial charge in [-0.05, 0) is 12.1 Å². The van der Waals surface area contributed by atoms with E-state index in [1.165, 1.54) is 4.68 Å². The molecule has 1 aromatic heterocycles. The summed E-state index contributed by atoms with van der Waals surface area (Å²) in [6, 6.07) is 9.58. The molecule has 0 amide bonds. The number of hydrogen-bond acceptors (Lipinski definition) is 3. The molecular formula is C14H10FN3O2. The van der Waals surface area contributed by atoms with Crippen LogP contribution < -0.4 is 5.73 Å². The number of hydrogen-bond donors (Lipinski definition) is 2. The van der Waals surface area contributed by atoms with Gasteiger partial charge in [-0.25, -0.2) is 13.9 Å². The number of anilines is 1. The molecule has 0 spiro atoms. The van der Waals surface area contributed by atoms with E-state index >= 15 is 0 Å². The lowest BCUT2D eigenvalue weighted by Gasteiger charge is -2.09. The van der Waals surface area contributed by atoms with Crippen LogP contribution in [-0.4, -0.2) is 20.9 Å². The third kappa shape index (κ3) is 1.78. The summed E-state index contributed by atoms with van der Waals surface area (Å²) in [4.78, 5) is 10.9. The third-order valence-corrected chi connectivity index (χ3v) is 3.05. The van der Waals surface area contributed by atoms with Crippen molar-refractivity contribution in [3.63, 3.8) is 0 Å². The second kappa shape index (κ2) is 4.34. The normalized spacial score (nSPS) is 10.8. The largest absolute Gasteiger partial charge is 0.478 e. The summed E-state index contributed by atoms with van der Waals surface area (Å²) in [5, 5.41) is 13.9. The van der Waals surface area contributed by atoms with E-state index in [0.717, 1.165) is 23.0 Å². The Kier molecular flexibility index (Phi) is 2.64. The molecule has 0 saturated carbocycles. The van der Waals surface area contributed by atoms with E-state index in [4.69, 9.17) is 10.8 Å². The van der Waals surface area contributed by atoms with Gasteiger partial charge in [0.1, 0.15) is 5.82 Å². The van der Waals surface area contributed by atoms with Crippen LogP contribution in [0, 0.1) is 5.82 Å². The molecule has 20 heavy (non-hydrogen) atoms. The topological polar surface area (TPSA) is 81.1 Å². The molecule has 0 atom stereocenters. The molecule has 3 N–H and O–H groups in total. The second-order valence-electron chi connectivity index (χ2n) is 4.31. The fraction of sp³-hybridized carbons (Fsp3) is 0. The van der Waals surface area contributed by atoms with Crippen molar-refractivity contribution in [1.29, 1.82) is 0 Å². The second-order valence-corrected chi connectivity index (χ2v) is 4.31. The Hall–Kier alpha value is -2.89. The quantitative estimate of drug-likeness (QED) is 0.701. The average Bonchev–Trinajstić information content (AvgIpc) is 2.84. The highest BCUT2D eigenvalue weighted by atomic mass is 19.1. The molecule has 6 heteroatoms. The van der Waals surface area contributed by atoms with Crippen molar-refractivity contribution in [2.75, 3.05) is 5.73 Å². The average molecular weight is 271 g/mol. The van der Waals surface area contributed by atoms with Gasteiger partial charge in [0.2, 0.25) is 0 Å². The van der Waals surface area contributed by atoms with Crippen LogP contribution in [0.2, 0.25) is 0 Å². The Morgan fingerprint density at radius 1 is 1.30 bits per heavy atom. The van der Waals surface area contributed by atoms with E-state index in [1.807, 2.05) is 24.3 Å². The van der Waals surface area contributed by atoms with Gasteiger partial charge in [-0.15, -0.1) is 0 Å². The first-order valence-corrected chi connectivity index (χ1v) is 5.83. The molecule has 0 aliphatic carbocycles. The van der Waals surface area contributed by atoms with Crippen LogP contribution in [0.5, 0.6) is 0 Å². The van der Waals surface area contributed by atoms with E-state index < -0.39 is 17.3 Å². The maximum absolute atomic E-state index is 13.8. The molecule has 1 heterocycles. The SMILES string of the molecule is Nc1cc(C(=O)O)c(F)cc1-n1ncc2ccccc21. The first kappa shape index (κ1) is 12.2. The summed E-state index contributed by atoms with van der Waals surface area (Å²) in [6.07, 6.45) is 1.64. The number of aromatic carboxylic acids is 1. The molecule has 0 radical (unpaired) electrons. The molecule has 0 bridgehead atoms. The summed E-state index contributed by atoms with van der Waals surface area (Å²) in [7, 11) is 0. The van der Waals surface area contributed by atoms with Crippen molar-refractivity contribution in [2.45, 2.75) is 0 Å². The summed E-state index contributed by atoms with van der Waals surface area (Å²) >= 11 is 0. The number of nitrogens with zero attached hydrogens (tertiary/aromatic N) is 2. The Bertz CT molecular complexity index is 826. The third-order valence-electron chi connectivity index (χ3n) is 3.05. The minimum Gasteiger partial charge on any atom is -0.478 e. The Balaban J connectivity index is 2.25. The van der Waals surface area contributed by atoms with Crippen molar-refractivity contribution in [3.8, 4) is 5.69 Å². The van der Waals surface area contributed by atoms with Gasteiger partial charge in [0.15, 0.2) is 0 Å². The van der Waals surface area contributed by atoms with E-state index in [0.29, 0.717) is 5.69 Å². The predicted octanol–water partition coefficient (Wildman–Crippen LogP) is 2.45. The van der Waals surface area contributed by atoms with Gasteiger partial charge in [0.05, 0.1) is 28.7 Å². The predicted molar refractivity (Wildman–Crippen MR) is 72.4 cm³/mol.